The van der Waals surface area contributed by atoms with Gasteiger partial charge in [-0.25, -0.2) is 4.39 Å². The lowest BCUT2D eigenvalue weighted by Crippen LogP contribution is -2.11. The predicted octanol–water partition coefficient (Wildman–Crippen LogP) is 3.09. The van der Waals surface area contributed by atoms with Crippen molar-refractivity contribution in [2.24, 2.45) is 7.05 Å². The van der Waals surface area contributed by atoms with E-state index in [0.29, 0.717) is 12.3 Å². The van der Waals surface area contributed by atoms with Crippen LogP contribution in [0, 0.1) is 5.82 Å². The lowest BCUT2D eigenvalue weighted by molar-refractivity contribution is -0.142. The second-order valence-electron chi connectivity index (χ2n) is 4.22. The summed E-state index contributed by atoms with van der Waals surface area (Å²) in [6.07, 6.45) is 0.138. The first-order valence-electron chi connectivity index (χ1n) is 6.15. The normalized spacial score (nSPS) is 10.6. The van der Waals surface area contributed by atoms with Gasteiger partial charge in [0.15, 0.2) is 0 Å². The van der Waals surface area contributed by atoms with E-state index in [0.717, 1.165) is 15.7 Å². The number of hydrogen-bond donors (Lipinski definition) is 0. The Kier molecular flexibility index (Phi) is 4.54. The van der Waals surface area contributed by atoms with Crippen molar-refractivity contribution in [1.29, 1.82) is 0 Å². The highest BCUT2D eigenvalue weighted by Crippen LogP contribution is 2.30. The fourth-order valence-corrected chi connectivity index (χ4v) is 2.57. The number of aromatic nitrogens is 2. The number of benzene rings is 1. The van der Waals surface area contributed by atoms with Crippen LogP contribution in [0.15, 0.2) is 28.7 Å². The summed E-state index contributed by atoms with van der Waals surface area (Å²) in [5.74, 6) is -0.602. The first-order valence-corrected chi connectivity index (χ1v) is 6.95. The fraction of sp³-hybridized carbons (Fsp3) is 0.286. The molecule has 0 saturated heterocycles. The van der Waals surface area contributed by atoms with Crippen LogP contribution < -0.4 is 0 Å². The second-order valence-corrected chi connectivity index (χ2v) is 5.01. The minimum atomic E-state index is -0.304. The summed E-state index contributed by atoms with van der Waals surface area (Å²) < 4.78 is 20.2. The molecule has 6 heteroatoms. The summed E-state index contributed by atoms with van der Waals surface area (Å²) in [5, 5.41) is 4.36. The molecular formula is C14H14BrFN2O2. The van der Waals surface area contributed by atoms with Gasteiger partial charge in [0.25, 0.3) is 0 Å². The van der Waals surface area contributed by atoms with Crippen molar-refractivity contribution in [3.05, 3.63) is 40.2 Å². The Bertz CT molecular complexity index is 623. The first kappa shape index (κ1) is 14.7. The van der Waals surface area contributed by atoms with Gasteiger partial charge < -0.3 is 4.74 Å². The summed E-state index contributed by atoms with van der Waals surface area (Å²) in [5.41, 5.74) is 2.18. The largest absolute Gasteiger partial charge is 0.466 e. The van der Waals surface area contributed by atoms with E-state index in [4.69, 9.17) is 4.74 Å². The van der Waals surface area contributed by atoms with Gasteiger partial charge in [0.1, 0.15) is 11.5 Å². The summed E-state index contributed by atoms with van der Waals surface area (Å²) in [6.45, 7) is 2.11. The third-order valence-electron chi connectivity index (χ3n) is 2.84. The average Bonchev–Trinajstić information content (AvgIpc) is 2.68. The van der Waals surface area contributed by atoms with E-state index in [9.17, 15) is 9.18 Å². The number of esters is 1. The van der Waals surface area contributed by atoms with Crippen LogP contribution in [0.2, 0.25) is 0 Å². The molecule has 20 heavy (non-hydrogen) atoms. The Balaban J connectivity index is 2.33. The number of nitrogens with zero attached hydrogens (tertiary/aromatic N) is 2. The van der Waals surface area contributed by atoms with Gasteiger partial charge in [0, 0.05) is 12.6 Å². The molecule has 0 spiro atoms. The fourth-order valence-electron chi connectivity index (χ4n) is 1.87. The number of rotatable bonds is 4. The molecule has 0 aliphatic carbocycles. The molecular weight excluding hydrogens is 327 g/mol. The molecule has 2 rings (SSSR count). The number of halogens is 2. The van der Waals surface area contributed by atoms with E-state index in [1.165, 1.54) is 12.1 Å². The molecule has 4 nitrogen and oxygen atoms in total. The molecule has 1 heterocycles. The highest BCUT2D eigenvalue weighted by atomic mass is 79.9. The third kappa shape index (κ3) is 3.07. The van der Waals surface area contributed by atoms with Crippen LogP contribution in [0.5, 0.6) is 0 Å². The van der Waals surface area contributed by atoms with E-state index in [1.54, 1.807) is 30.8 Å². The Morgan fingerprint density at radius 2 is 2.05 bits per heavy atom. The van der Waals surface area contributed by atoms with Gasteiger partial charge in [-0.1, -0.05) is 0 Å². The summed E-state index contributed by atoms with van der Waals surface area (Å²) in [4.78, 5) is 11.6. The van der Waals surface area contributed by atoms with Crippen LogP contribution in [0.1, 0.15) is 12.6 Å². The molecule has 0 bridgehead atoms. The molecule has 2 aromatic rings. The highest BCUT2D eigenvalue weighted by Gasteiger charge is 2.18. The number of hydrogen-bond acceptors (Lipinski definition) is 3. The lowest BCUT2D eigenvalue weighted by atomic mass is 10.1. The van der Waals surface area contributed by atoms with Crippen molar-refractivity contribution in [1.82, 2.24) is 9.78 Å². The van der Waals surface area contributed by atoms with Gasteiger partial charge >= 0.3 is 5.97 Å². The van der Waals surface area contributed by atoms with Crippen molar-refractivity contribution in [2.75, 3.05) is 6.61 Å². The van der Waals surface area contributed by atoms with E-state index >= 15 is 0 Å². The monoisotopic (exact) mass is 340 g/mol. The van der Waals surface area contributed by atoms with Gasteiger partial charge in [-0.15, -0.1) is 0 Å². The zero-order valence-electron chi connectivity index (χ0n) is 11.2. The molecule has 1 aromatic carbocycles. The second kappa shape index (κ2) is 6.17. The van der Waals surface area contributed by atoms with E-state index in [-0.39, 0.29) is 18.2 Å². The first-order chi connectivity index (χ1) is 9.52. The molecule has 0 atom stereocenters. The van der Waals surface area contributed by atoms with Crippen LogP contribution in [0.4, 0.5) is 4.39 Å². The Morgan fingerprint density at radius 1 is 1.40 bits per heavy atom. The highest BCUT2D eigenvalue weighted by molar-refractivity contribution is 9.10. The van der Waals surface area contributed by atoms with E-state index in [2.05, 4.69) is 21.0 Å². The minimum Gasteiger partial charge on any atom is -0.466 e. The summed E-state index contributed by atoms with van der Waals surface area (Å²) in [6, 6.07) is 6.05. The average molecular weight is 341 g/mol. The molecule has 0 radical (unpaired) electrons. The van der Waals surface area contributed by atoms with Crippen molar-refractivity contribution < 1.29 is 13.9 Å². The molecule has 0 saturated carbocycles. The van der Waals surface area contributed by atoms with Gasteiger partial charge in [0.05, 0.1) is 23.2 Å². The summed E-state index contributed by atoms with van der Waals surface area (Å²) in [7, 11) is 1.76. The molecule has 1 aromatic heterocycles. The Morgan fingerprint density at radius 3 is 2.65 bits per heavy atom. The molecule has 0 aliphatic rings. The Hall–Kier alpha value is -1.69. The quantitative estimate of drug-likeness (QED) is 0.803. The van der Waals surface area contributed by atoms with Crippen LogP contribution in [-0.2, 0) is 23.0 Å². The summed E-state index contributed by atoms with van der Waals surface area (Å²) >= 11 is 3.45. The number of ether oxygens (including phenoxy) is 1. The van der Waals surface area contributed by atoms with E-state index < -0.39 is 0 Å². The van der Waals surface area contributed by atoms with Gasteiger partial charge in [-0.05, 0) is 47.1 Å². The molecule has 0 fully saturated rings. The van der Waals surface area contributed by atoms with Gasteiger partial charge in [0.2, 0.25) is 0 Å². The zero-order chi connectivity index (χ0) is 14.7. The minimum absolute atomic E-state index is 0.138. The lowest BCUT2D eigenvalue weighted by Gasteiger charge is -2.02. The van der Waals surface area contributed by atoms with Gasteiger partial charge in [-0.3, -0.25) is 9.48 Å². The maximum absolute atomic E-state index is 12.9. The molecule has 0 aliphatic heterocycles. The SMILES string of the molecule is CCOC(=O)Cc1c(Br)c(-c2ccc(F)cc2)nn1C. The predicted molar refractivity (Wildman–Crippen MR) is 76.6 cm³/mol. The van der Waals surface area contributed by atoms with Crippen molar-refractivity contribution in [3.8, 4) is 11.3 Å². The number of carbonyl (C=O) groups excluding carboxylic acids is 1. The van der Waals surface area contributed by atoms with Crippen LogP contribution >= 0.6 is 15.9 Å². The topological polar surface area (TPSA) is 44.1 Å². The zero-order valence-corrected chi connectivity index (χ0v) is 12.8. The van der Waals surface area contributed by atoms with Gasteiger partial charge in [-0.2, -0.15) is 5.10 Å². The van der Waals surface area contributed by atoms with Crippen LogP contribution in [0.25, 0.3) is 11.3 Å². The molecule has 0 unspecified atom stereocenters. The molecule has 0 amide bonds. The molecule has 0 N–H and O–H groups in total. The van der Waals surface area contributed by atoms with Crippen molar-refractivity contribution >= 4 is 21.9 Å². The maximum Gasteiger partial charge on any atom is 0.311 e. The van der Waals surface area contributed by atoms with Crippen molar-refractivity contribution in [2.45, 2.75) is 13.3 Å². The van der Waals surface area contributed by atoms with Crippen LogP contribution in [-0.4, -0.2) is 22.4 Å². The van der Waals surface area contributed by atoms with E-state index in [1.807, 2.05) is 0 Å². The smallest absolute Gasteiger partial charge is 0.311 e. The number of carbonyl (C=O) groups is 1. The third-order valence-corrected chi connectivity index (χ3v) is 3.67. The van der Waals surface area contributed by atoms with Crippen molar-refractivity contribution in [3.63, 3.8) is 0 Å². The Labute approximate surface area is 124 Å². The maximum atomic E-state index is 12.9. The standard InChI is InChI=1S/C14H14BrFN2O2/c1-3-20-12(19)8-11-13(15)14(17-18(11)2)9-4-6-10(16)7-5-9/h4-7H,3,8H2,1-2H3. The molecule has 106 valence electrons. The van der Waals surface area contributed by atoms with Crippen LogP contribution in [0.3, 0.4) is 0 Å². The number of aryl methyl sites for hydroxylation is 1.